The summed E-state index contributed by atoms with van der Waals surface area (Å²) in [5, 5.41) is 2.60. The van der Waals surface area contributed by atoms with Crippen molar-refractivity contribution >= 4 is 31.5 Å². The van der Waals surface area contributed by atoms with Crippen LogP contribution in [0.4, 0.5) is 0 Å². The molecule has 0 N–H and O–H groups in total. The van der Waals surface area contributed by atoms with Gasteiger partial charge in [-0.3, -0.25) is 0 Å². The Kier molecular flexibility index (Phi) is 7.58. The van der Waals surface area contributed by atoms with Crippen LogP contribution >= 0.6 is 11.3 Å². The summed E-state index contributed by atoms with van der Waals surface area (Å²) in [6, 6.07) is 71.5. The van der Waals surface area contributed by atoms with E-state index in [1.807, 2.05) is 29.5 Å². The van der Waals surface area contributed by atoms with Crippen molar-refractivity contribution in [3.05, 3.63) is 222 Å². The number of thiophene rings is 1. The summed E-state index contributed by atoms with van der Waals surface area (Å²) in [6.07, 6.45) is 0. The fourth-order valence-electron chi connectivity index (χ4n) is 8.71. The third-order valence-electron chi connectivity index (χ3n) is 11.2. The van der Waals surface area contributed by atoms with Crippen molar-refractivity contribution in [1.82, 2.24) is 15.0 Å². The molecule has 11 rings (SSSR count). The Bertz CT molecular complexity index is 3020. The van der Waals surface area contributed by atoms with E-state index in [4.69, 9.17) is 15.0 Å². The highest BCUT2D eigenvalue weighted by Gasteiger charge is 2.46. The van der Waals surface area contributed by atoms with Crippen LogP contribution in [0, 0.1) is 0 Å². The molecule has 1 aliphatic carbocycles. The van der Waals surface area contributed by atoms with E-state index in [1.165, 1.54) is 64.7 Å². The van der Waals surface area contributed by atoms with Gasteiger partial charge in [-0.05, 0) is 56.6 Å². The second-order valence-electron chi connectivity index (χ2n) is 14.3. The van der Waals surface area contributed by atoms with Gasteiger partial charge in [0.2, 0.25) is 0 Å². The molecule has 4 heteroatoms. The monoisotopic (exact) mass is 731 g/mol. The molecular weight excluding hydrogens is 699 g/mol. The largest absolute Gasteiger partial charge is 0.208 e. The molecule has 262 valence electrons. The van der Waals surface area contributed by atoms with Gasteiger partial charge < -0.3 is 0 Å². The first-order valence-corrected chi connectivity index (χ1v) is 19.8. The molecule has 0 unspecified atom stereocenters. The maximum Gasteiger partial charge on any atom is 0.164 e. The molecule has 0 saturated heterocycles. The van der Waals surface area contributed by atoms with Crippen LogP contribution in [0.1, 0.15) is 22.3 Å². The minimum absolute atomic E-state index is 0.518. The lowest BCUT2D eigenvalue weighted by Crippen LogP contribution is -2.28. The molecule has 1 aliphatic rings. The smallest absolute Gasteiger partial charge is 0.164 e. The zero-order valence-corrected chi connectivity index (χ0v) is 31.1. The molecule has 10 aromatic rings. The van der Waals surface area contributed by atoms with Gasteiger partial charge in [0.25, 0.3) is 0 Å². The lowest BCUT2D eigenvalue weighted by atomic mass is 9.67. The second-order valence-corrected chi connectivity index (χ2v) is 15.4. The number of fused-ring (bicyclic) bond motifs is 6. The average Bonchev–Trinajstić information content (AvgIpc) is 3.81. The number of rotatable bonds is 6. The van der Waals surface area contributed by atoms with Gasteiger partial charge in [0, 0.05) is 36.9 Å². The van der Waals surface area contributed by atoms with Gasteiger partial charge in [0.05, 0.1) is 5.41 Å². The van der Waals surface area contributed by atoms with Crippen molar-refractivity contribution in [1.29, 1.82) is 0 Å². The highest BCUT2D eigenvalue weighted by atomic mass is 32.1. The lowest BCUT2D eigenvalue weighted by molar-refractivity contribution is 0.768. The number of benzene rings is 8. The number of hydrogen-bond donors (Lipinski definition) is 0. The van der Waals surface area contributed by atoms with Crippen molar-refractivity contribution in [3.8, 4) is 56.4 Å². The van der Waals surface area contributed by atoms with Gasteiger partial charge in [-0.2, -0.15) is 0 Å². The summed E-state index contributed by atoms with van der Waals surface area (Å²) in [7, 11) is 0. The normalized spacial score (nSPS) is 12.8. The minimum Gasteiger partial charge on any atom is -0.208 e. The maximum absolute atomic E-state index is 5.23. The molecule has 0 saturated carbocycles. The van der Waals surface area contributed by atoms with Crippen LogP contribution in [0.2, 0.25) is 0 Å². The van der Waals surface area contributed by atoms with Gasteiger partial charge in [-0.15, -0.1) is 11.3 Å². The van der Waals surface area contributed by atoms with Crippen molar-refractivity contribution in [2.24, 2.45) is 0 Å². The molecule has 0 aliphatic heterocycles. The van der Waals surface area contributed by atoms with Crippen LogP contribution in [0.15, 0.2) is 200 Å². The Morgan fingerprint density at radius 1 is 0.339 bits per heavy atom. The first kappa shape index (κ1) is 32.4. The number of nitrogens with zero attached hydrogens (tertiary/aromatic N) is 3. The molecule has 0 radical (unpaired) electrons. The molecule has 0 amide bonds. The van der Waals surface area contributed by atoms with Crippen LogP contribution in [-0.4, -0.2) is 15.0 Å². The highest BCUT2D eigenvalue weighted by Crippen LogP contribution is 2.56. The van der Waals surface area contributed by atoms with Crippen molar-refractivity contribution in [2.45, 2.75) is 5.41 Å². The van der Waals surface area contributed by atoms with Crippen molar-refractivity contribution < 1.29 is 0 Å². The first-order chi connectivity index (χ1) is 27.8. The summed E-state index contributed by atoms with van der Waals surface area (Å²) in [5.41, 5.74) is 12.1. The molecular formula is C52H33N3S. The van der Waals surface area contributed by atoms with Crippen LogP contribution in [0.5, 0.6) is 0 Å². The van der Waals surface area contributed by atoms with Gasteiger partial charge in [-0.1, -0.05) is 188 Å². The predicted molar refractivity (Wildman–Crippen MR) is 232 cm³/mol. The van der Waals surface area contributed by atoms with E-state index >= 15 is 0 Å². The highest BCUT2D eigenvalue weighted by molar-refractivity contribution is 7.26. The zero-order chi connectivity index (χ0) is 37.1. The molecule has 56 heavy (non-hydrogen) atoms. The van der Waals surface area contributed by atoms with Crippen molar-refractivity contribution in [3.63, 3.8) is 0 Å². The SMILES string of the molecule is c1ccc(-c2nc(-c3ccc(-c4cccc5c4sc4ccccc45)cc3)nc(-c3ccc4c(c3)C(c3ccccc3)(c3ccccc3)c3ccccc3-4)n2)cc1. The zero-order valence-electron chi connectivity index (χ0n) is 30.3. The second kappa shape index (κ2) is 13.1. The molecule has 0 spiro atoms. The quantitative estimate of drug-likeness (QED) is 0.171. The number of aromatic nitrogens is 3. The van der Waals surface area contributed by atoms with E-state index in [-0.39, 0.29) is 0 Å². The van der Waals surface area contributed by atoms with E-state index in [9.17, 15) is 0 Å². The molecule has 2 aromatic heterocycles. The van der Waals surface area contributed by atoms with Crippen LogP contribution in [-0.2, 0) is 5.41 Å². The Hall–Kier alpha value is -7.01. The fraction of sp³-hybridized carbons (Fsp3) is 0.0192. The lowest BCUT2D eigenvalue weighted by Gasteiger charge is -2.34. The Labute approximate surface area is 329 Å². The first-order valence-electron chi connectivity index (χ1n) is 18.9. The molecule has 2 heterocycles. The summed E-state index contributed by atoms with van der Waals surface area (Å²) in [4.78, 5) is 15.5. The third kappa shape index (κ3) is 5.07. The Morgan fingerprint density at radius 2 is 0.839 bits per heavy atom. The van der Waals surface area contributed by atoms with E-state index in [0.29, 0.717) is 17.5 Å². The fourth-order valence-corrected chi connectivity index (χ4v) is 9.95. The van der Waals surface area contributed by atoms with Gasteiger partial charge >= 0.3 is 0 Å². The third-order valence-corrected chi connectivity index (χ3v) is 12.5. The minimum atomic E-state index is -0.518. The summed E-state index contributed by atoms with van der Waals surface area (Å²) in [6.45, 7) is 0. The predicted octanol–water partition coefficient (Wildman–Crippen LogP) is 13.3. The average molecular weight is 732 g/mol. The molecule has 8 aromatic carbocycles. The van der Waals surface area contributed by atoms with Gasteiger partial charge in [-0.25, -0.2) is 15.0 Å². The topological polar surface area (TPSA) is 38.7 Å². The number of hydrogen-bond acceptors (Lipinski definition) is 4. The molecule has 0 atom stereocenters. The van der Waals surface area contributed by atoms with E-state index < -0.39 is 5.41 Å². The molecule has 0 bridgehead atoms. The maximum atomic E-state index is 5.23. The van der Waals surface area contributed by atoms with E-state index in [2.05, 4.69) is 182 Å². The van der Waals surface area contributed by atoms with E-state index in [1.54, 1.807) is 0 Å². The summed E-state index contributed by atoms with van der Waals surface area (Å²) < 4.78 is 2.61. The van der Waals surface area contributed by atoms with Gasteiger partial charge in [0.15, 0.2) is 17.5 Å². The van der Waals surface area contributed by atoms with Gasteiger partial charge in [0.1, 0.15) is 0 Å². The Balaban J connectivity index is 1.08. The van der Waals surface area contributed by atoms with Crippen LogP contribution < -0.4 is 0 Å². The standard InChI is InChI=1S/C52H33N3S/c1-4-15-35(16-5-1)49-53-50(36-29-27-34(28-30-36)40-23-14-24-44-43-22-11-13-26-47(43)56-48(40)44)55-51(54-49)37-31-32-42-41-21-10-12-25-45(41)52(46(42)33-37,38-17-6-2-7-18-38)39-19-8-3-9-20-39/h1-33H. The van der Waals surface area contributed by atoms with Crippen LogP contribution in [0.3, 0.4) is 0 Å². The summed E-state index contributed by atoms with van der Waals surface area (Å²) in [5.74, 6) is 1.93. The Morgan fingerprint density at radius 3 is 1.55 bits per heavy atom. The summed E-state index contributed by atoms with van der Waals surface area (Å²) >= 11 is 1.85. The van der Waals surface area contributed by atoms with Crippen molar-refractivity contribution in [2.75, 3.05) is 0 Å². The van der Waals surface area contributed by atoms with E-state index in [0.717, 1.165) is 16.7 Å². The molecule has 0 fully saturated rings. The molecule has 3 nitrogen and oxygen atoms in total. The van der Waals surface area contributed by atoms with Crippen LogP contribution in [0.25, 0.3) is 76.6 Å².